The van der Waals surface area contributed by atoms with Crippen molar-refractivity contribution in [3.63, 3.8) is 0 Å². The smallest absolute Gasteiger partial charge is 0.150 e. The van der Waals surface area contributed by atoms with Gasteiger partial charge in [0.2, 0.25) is 0 Å². The molecule has 0 spiro atoms. The highest BCUT2D eigenvalue weighted by atomic mass is 32.2. The van der Waals surface area contributed by atoms with Crippen molar-refractivity contribution in [2.24, 2.45) is 10.9 Å². The Morgan fingerprint density at radius 1 is 1.53 bits per heavy atom. The molecule has 0 amide bonds. The van der Waals surface area contributed by atoms with E-state index in [1.54, 1.807) is 0 Å². The molecule has 1 atom stereocenters. The summed E-state index contributed by atoms with van der Waals surface area (Å²) in [7, 11) is -2.81. The van der Waals surface area contributed by atoms with Gasteiger partial charge in [0.05, 0.1) is 11.5 Å². The van der Waals surface area contributed by atoms with Crippen LogP contribution in [0.15, 0.2) is 5.16 Å². The Labute approximate surface area is 102 Å². The molecule has 100 valence electrons. The number of rotatable bonds is 5. The van der Waals surface area contributed by atoms with Gasteiger partial charge in [0.1, 0.15) is 15.7 Å². The summed E-state index contributed by atoms with van der Waals surface area (Å²) in [5, 5.41) is 14.8. The van der Waals surface area contributed by atoms with E-state index in [4.69, 9.17) is 10.9 Å². The molecule has 1 aliphatic heterocycles. The first-order valence-corrected chi connectivity index (χ1v) is 7.72. The lowest BCUT2D eigenvalue weighted by atomic mass is 10.1. The zero-order chi connectivity index (χ0) is 12.9. The van der Waals surface area contributed by atoms with E-state index in [1.807, 2.05) is 6.92 Å². The van der Waals surface area contributed by atoms with Crippen molar-refractivity contribution in [2.75, 3.05) is 11.5 Å². The normalized spacial score (nSPS) is 23.5. The minimum absolute atomic E-state index is 0.136. The molecule has 0 aliphatic carbocycles. The van der Waals surface area contributed by atoms with Crippen molar-refractivity contribution in [1.82, 2.24) is 5.32 Å². The van der Waals surface area contributed by atoms with Crippen LogP contribution in [0.4, 0.5) is 0 Å². The number of sulfone groups is 1. The lowest BCUT2D eigenvalue weighted by Gasteiger charge is -2.27. The van der Waals surface area contributed by atoms with Gasteiger partial charge in [0, 0.05) is 18.5 Å². The van der Waals surface area contributed by atoms with Crippen LogP contribution in [-0.2, 0) is 9.84 Å². The molecule has 0 aromatic carbocycles. The number of amidine groups is 1. The van der Waals surface area contributed by atoms with Crippen LogP contribution in [0.5, 0.6) is 0 Å². The number of nitrogens with zero attached hydrogens (tertiary/aromatic N) is 1. The first-order valence-electron chi connectivity index (χ1n) is 5.89. The predicted molar refractivity (Wildman–Crippen MR) is 66.9 cm³/mol. The lowest BCUT2D eigenvalue weighted by Crippen LogP contribution is -2.44. The van der Waals surface area contributed by atoms with Crippen LogP contribution in [0.25, 0.3) is 0 Å². The lowest BCUT2D eigenvalue weighted by molar-refractivity contribution is 0.314. The number of nitrogens with two attached hydrogens (primary N) is 1. The third-order valence-electron chi connectivity index (χ3n) is 3.10. The molecule has 0 aromatic rings. The Morgan fingerprint density at radius 3 is 2.59 bits per heavy atom. The zero-order valence-electron chi connectivity index (χ0n) is 10.1. The van der Waals surface area contributed by atoms with Crippen molar-refractivity contribution in [3.8, 4) is 0 Å². The molecule has 1 rings (SSSR count). The van der Waals surface area contributed by atoms with Gasteiger partial charge in [-0.2, -0.15) is 0 Å². The minimum Gasteiger partial charge on any atom is -0.409 e. The molecule has 4 N–H and O–H groups in total. The Balaban J connectivity index is 2.42. The van der Waals surface area contributed by atoms with Gasteiger partial charge in [-0.1, -0.05) is 12.1 Å². The van der Waals surface area contributed by atoms with Gasteiger partial charge in [0.25, 0.3) is 0 Å². The molecule has 1 saturated heterocycles. The molecule has 0 radical (unpaired) electrons. The van der Waals surface area contributed by atoms with E-state index in [0.29, 0.717) is 19.3 Å². The van der Waals surface area contributed by atoms with Gasteiger partial charge >= 0.3 is 0 Å². The quantitative estimate of drug-likeness (QED) is 0.282. The highest BCUT2D eigenvalue weighted by molar-refractivity contribution is 7.91. The molecule has 0 bridgehead atoms. The van der Waals surface area contributed by atoms with Gasteiger partial charge in [-0.3, -0.25) is 0 Å². The fourth-order valence-corrected chi connectivity index (χ4v) is 3.50. The highest BCUT2D eigenvalue weighted by Crippen LogP contribution is 2.14. The van der Waals surface area contributed by atoms with Gasteiger partial charge < -0.3 is 16.3 Å². The summed E-state index contributed by atoms with van der Waals surface area (Å²) in [5.41, 5.74) is 5.46. The third-order valence-corrected chi connectivity index (χ3v) is 4.82. The Bertz CT molecular complexity index is 353. The van der Waals surface area contributed by atoms with Crippen LogP contribution < -0.4 is 11.1 Å². The molecule has 0 aromatic heterocycles. The number of oxime groups is 1. The average molecular weight is 263 g/mol. The van der Waals surface area contributed by atoms with Crippen LogP contribution in [-0.4, -0.2) is 43.1 Å². The van der Waals surface area contributed by atoms with Crippen LogP contribution in [0.3, 0.4) is 0 Å². The molecule has 7 heteroatoms. The van der Waals surface area contributed by atoms with E-state index in [1.165, 1.54) is 0 Å². The largest absolute Gasteiger partial charge is 0.409 e. The van der Waals surface area contributed by atoms with Gasteiger partial charge in [0.15, 0.2) is 0 Å². The molecule has 1 heterocycles. The van der Waals surface area contributed by atoms with Crippen molar-refractivity contribution in [2.45, 2.75) is 44.7 Å². The van der Waals surface area contributed by atoms with Crippen molar-refractivity contribution >= 4 is 15.7 Å². The average Bonchev–Trinajstić information content (AvgIpc) is 2.30. The van der Waals surface area contributed by atoms with E-state index in [9.17, 15) is 8.42 Å². The minimum atomic E-state index is -2.81. The van der Waals surface area contributed by atoms with Crippen LogP contribution >= 0.6 is 0 Å². The zero-order valence-corrected chi connectivity index (χ0v) is 10.9. The van der Waals surface area contributed by atoms with Crippen molar-refractivity contribution < 1.29 is 13.6 Å². The highest BCUT2D eigenvalue weighted by Gasteiger charge is 2.25. The molecule has 6 nitrogen and oxygen atoms in total. The predicted octanol–water partition coefficient (Wildman–Crippen LogP) is 0.0683. The monoisotopic (exact) mass is 263 g/mol. The summed E-state index contributed by atoms with van der Waals surface area (Å²) in [6.07, 6.45) is 2.64. The second-order valence-electron chi connectivity index (χ2n) is 4.49. The maximum atomic E-state index is 11.3. The van der Waals surface area contributed by atoms with E-state index in [-0.39, 0.29) is 29.4 Å². The molecule has 1 aliphatic rings. The molecule has 1 unspecified atom stereocenters. The first kappa shape index (κ1) is 14.2. The maximum Gasteiger partial charge on any atom is 0.150 e. The van der Waals surface area contributed by atoms with Crippen LogP contribution in [0, 0.1) is 0 Å². The Kier molecular flexibility index (Phi) is 5.20. The molecule has 1 fully saturated rings. The summed E-state index contributed by atoms with van der Waals surface area (Å²) < 4.78 is 22.6. The molecular formula is C10H21N3O3S. The molecular weight excluding hydrogens is 242 g/mol. The van der Waals surface area contributed by atoms with E-state index >= 15 is 0 Å². The summed E-state index contributed by atoms with van der Waals surface area (Å²) >= 11 is 0. The maximum absolute atomic E-state index is 11.3. The van der Waals surface area contributed by atoms with E-state index in [2.05, 4.69) is 10.5 Å². The first-order chi connectivity index (χ1) is 7.96. The number of hydrogen-bond donors (Lipinski definition) is 3. The number of hydrogen-bond acceptors (Lipinski definition) is 5. The standard InChI is InChI=1S/C10H21N3O3S/c1-2-8(7-10(11)13-14)12-9-3-5-17(15,16)6-4-9/h8-9,12,14H,2-7H2,1H3,(H2,11,13). The van der Waals surface area contributed by atoms with Gasteiger partial charge in [-0.05, 0) is 19.3 Å². The van der Waals surface area contributed by atoms with Crippen LogP contribution in [0.1, 0.15) is 32.6 Å². The van der Waals surface area contributed by atoms with E-state index in [0.717, 1.165) is 6.42 Å². The third kappa shape index (κ3) is 4.91. The second-order valence-corrected chi connectivity index (χ2v) is 6.80. The molecule has 0 saturated carbocycles. The van der Waals surface area contributed by atoms with Gasteiger partial charge in [-0.15, -0.1) is 0 Å². The summed E-state index contributed by atoms with van der Waals surface area (Å²) in [6.45, 7) is 2.02. The second kappa shape index (κ2) is 6.20. The SMILES string of the molecule is CCC(CC(N)=NO)NC1CCS(=O)(=O)CC1. The van der Waals surface area contributed by atoms with Crippen molar-refractivity contribution in [1.29, 1.82) is 0 Å². The Morgan fingerprint density at radius 2 is 2.12 bits per heavy atom. The summed E-state index contributed by atoms with van der Waals surface area (Å²) in [5.74, 6) is 0.711. The fourth-order valence-electron chi connectivity index (χ4n) is 2.00. The number of nitrogens with one attached hydrogen (secondary N) is 1. The van der Waals surface area contributed by atoms with Crippen molar-refractivity contribution in [3.05, 3.63) is 0 Å². The summed E-state index contributed by atoms with van der Waals surface area (Å²) in [6, 6.07) is 0.353. The Hall–Kier alpha value is -0.820. The van der Waals surface area contributed by atoms with E-state index < -0.39 is 9.84 Å². The fraction of sp³-hybridized carbons (Fsp3) is 0.900. The molecule has 17 heavy (non-hydrogen) atoms. The topological polar surface area (TPSA) is 105 Å². The summed E-state index contributed by atoms with van der Waals surface area (Å²) in [4.78, 5) is 0. The van der Waals surface area contributed by atoms with Gasteiger partial charge in [-0.25, -0.2) is 8.42 Å². The van der Waals surface area contributed by atoms with Crippen LogP contribution in [0.2, 0.25) is 0 Å².